The van der Waals surface area contributed by atoms with Crippen molar-refractivity contribution in [1.82, 2.24) is 20.1 Å². The molecule has 0 aromatic carbocycles. The van der Waals surface area contributed by atoms with Crippen molar-refractivity contribution < 1.29 is 17.9 Å². The number of amides is 1. The van der Waals surface area contributed by atoms with Gasteiger partial charge in [0.1, 0.15) is 21.4 Å². The molecule has 2 aromatic heterocycles. The third-order valence-corrected chi connectivity index (χ3v) is 8.00. The molecule has 0 aliphatic heterocycles. The molecule has 0 bridgehead atoms. The van der Waals surface area contributed by atoms with E-state index in [1.165, 1.54) is 6.26 Å². The van der Waals surface area contributed by atoms with Crippen LogP contribution in [0.4, 0.5) is 5.82 Å². The zero-order chi connectivity index (χ0) is 23.5. The minimum absolute atomic E-state index is 0.146. The monoisotopic (exact) mass is 483 g/mol. The predicted molar refractivity (Wildman–Crippen MR) is 125 cm³/mol. The Bertz CT molecular complexity index is 1080. The molecule has 1 aliphatic rings. The maximum atomic E-state index is 12.9. The number of nitrogens with zero attached hydrogens (tertiary/aromatic N) is 3. The van der Waals surface area contributed by atoms with Crippen molar-refractivity contribution in [2.45, 2.75) is 44.4 Å². The molecule has 1 amide bonds. The lowest BCUT2D eigenvalue weighted by atomic mass is 9.89. The average molecular weight is 484 g/mol. The Morgan fingerprint density at radius 3 is 2.56 bits per heavy atom. The van der Waals surface area contributed by atoms with Crippen LogP contribution in [-0.2, 0) is 16.4 Å². The minimum Gasteiger partial charge on any atom is -0.496 e. The number of anilines is 1. The molecule has 2 aromatic rings. The van der Waals surface area contributed by atoms with Gasteiger partial charge in [0.15, 0.2) is 5.69 Å². The van der Waals surface area contributed by atoms with Gasteiger partial charge in [-0.15, -0.1) is 0 Å². The number of sulfone groups is 1. The topological polar surface area (TPSA) is 115 Å². The van der Waals surface area contributed by atoms with Crippen LogP contribution in [0.1, 0.15) is 43.1 Å². The quantitative estimate of drug-likeness (QED) is 0.592. The molecule has 2 N–H and O–H groups in total. The Labute approximate surface area is 193 Å². The number of hydrogen-bond donors (Lipinski definition) is 2. The van der Waals surface area contributed by atoms with Gasteiger partial charge in [-0.3, -0.25) is 9.48 Å². The second-order valence-corrected chi connectivity index (χ2v) is 10.7. The molecule has 0 saturated heterocycles. The number of methoxy groups -OCH3 is 1. The number of halogens is 1. The van der Waals surface area contributed by atoms with Crippen LogP contribution in [0.2, 0.25) is 5.02 Å². The number of aryl methyl sites for hydroxylation is 1. The molecule has 1 aliphatic carbocycles. The summed E-state index contributed by atoms with van der Waals surface area (Å²) in [6.45, 7) is 2.88. The molecule has 1 saturated carbocycles. The van der Waals surface area contributed by atoms with Crippen LogP contribution in [0.15, 0.2) is 12.3 Å². The zero-order valence-corrected chi connectivity index (χ0v) is 20.4. The number of pyridine rings is 1. The second-order valence-electron chi connectivity index (χ2n) is 8.03. The number of carbonyl (C=O) groups is 1. The molecule has 0 spiro atoms. The van der Waals surface area contributed by atoms with Crippen molar-refractivity contribution in [2.24, 2.45) is 5.92 Å². The highest BCUT2D eigenvalue weighted by atomic mass is 35.5. The molecule has 0 radical (unpaired) electrons. The number of nitrogens with one attached hydrogen (secondary N) is 2. The van der Waals surface area contributed by atoms with E-state index in [0.29, 0.717) is 48.8 Å². The molecular formula is C21H30ClN5O4S. The van der Waals surface area contributed by atoms with Crippen molar-refractivity contribution in [2.75, 3.05) is 32.3 Å². The number of rotatable bonds is 8. The molecular weight excluding hydrogens is 454 g/mol. The fourth-order valence-corrected chi connectivity index (χ4v) is 5.53. The molecule has 3 rings (SSSR count). The molecule has 9 nitrogen and oxygen atoms in total. The SMILES string of the molecule is CCn1nc(C(=O)NCC2CCC(S(C)(=O)=O)CC2)c(Cl)c1-c1cnc(NC)cc1OC. The maximum Gasteiger partial charge on any atom is 0.273 e. The van der Waals surface area contributed by atoms with E-state index in [2.05, 4.69) is 20.7 Å². The first kappa shape index (κ1) is 24.3. The van der Waals surface area contributed by atoms with Gasteiger partial charge in [-0.05, 0) is 38.5 Å². The summed E-state index contributed by atoms with van der Waals surface area (Å²) in [4.78, 5) is 17.2. The van der Waals surface area contributed by atoms with Crippen LogP contribution in [0.3, 0.4) is 0 Å². The maximum absolute atomic E-state index is 12.9. The van der Waals surface area contributed by atoms with Gasteiger partial charge >= 0.3 is 0 Å². The van der Waals surface area contributed by atoms with Crippen molar-refractivity contribution in [3.05, 3.63) is 23.0 Å². The first-order chi connectivity index (χ1) is 15.2. The fraction of sp³-hybridized carbons (Fsp3) is 0.571. The molecule has 0 unspecified atom stereocenters. The number of ether oxygens (including phenoxy) is 1. The predicted octanol–water partition coefficient (Wildman–Crippen LogP) is 3.00. The van der Waals surface area contributed by atoms with E-state index in [1.807, 2.05) is 6.92 Å². The van der Waals surface area contributed by atoms with E-state index in [-0.39, 0.29) is 27.8 Å². The summed E-state index contributed by atoms with van der Waals surface area (Å²) < 4.78 is 30.6. The number of carbonyl (C=O) groups excluding carboxylic acids is 1. The van der Waals surface area contributed by atoms with Gasteiger partial charge in [0, 0.05) is 38.7 Å². The summed E-state index contributed by atoms with van der Waals surface area (Å²) in [6, 6.07) is 1.76. The molecule has 176 valence electrons. The number of aromatic nitrogens is 3. The molecule has 2 heterocycles. The van der Waals surface area contributed by atoms with Gasteiger partial charge in [-0.2, -0.15) is 5.10 Å². The van der Waals surface area contributed by atoms with E-state index in [1.54, 1.807) is 31.1 Å². The van der Waals surface area contributed by atoms with Crippen LogP contribution >= 0.6 is 11.6 Å². The largest absolute Gasteiger partial charge is 0.496 e. The van der Waals surface area contributed by atoms with E-state index < -0.39 is 9.84 Å². The van der Waals surface area contributed by atoms with Gasteiger partial charge in [-0.1, -0.05) is 11.6 Å². The van der Waals surface area contributed by atoms with Gasteiger partial charge in [-0.25, -0.2) is 13.4 Å². The van der Waals surface area contributed by atoms with Gasteiger partial charge in [0.2, 0.25) is 0 Å². The van der Waals surface area contributed by atoms with Gasteiger partial charge in [0.05, 0.1) is 28.6 Å². The van der Waals surface area contributed by atoms with E-state index in [0.717, 1.165) is 12.8 Å². The molecule has 32 heavy (non-hydrogen) atoms. The smallest absolute Gasteiger partial charge is 0.273 e. The van der Waals surface area contributed by atoms with Crippen LogP contribution in [-0.4, -0.2) is 61.3 Å². The molecule has 0 atom stereocenters. The van der Waals surface area contributed by atoms with Crippen molar-refractivity contribution in [3.8, 4) is 17.0 Å². The van der Waals surface area contributed by atoms with Crippen LogP contribution in [0.5, 0.6) is 5.75 Å². The number of hydrogen-bond acceptors (Lipinski definition) is 7. The lowest BCUT2D eigenvalue weighted by Crippen LogP contribution is -2.34. The van der Waals surface area contributed by atoms with Crippen LogP contribution in [0, 0.1) is 5.92 Å². The second kappa shape index (κ2) is 10.1. The average Bonchev–Trinajstić information content (AvgIpc) is 3.12. The first-order valence-electron chi connectivity index (χ1n) is 10.6. The van der Waals surface area contributed by atoms with Gasteiger partial charge < -0.3 is 15.4 Å². The summed E-state index contributed by atoms with van der Waals surface area (Å²) >= 11 is 6.62. The molecule has 11 heteroatoms. The normalized spacial score (nSPS) is 18.9. The highest BCUT2D eigenvalue weighted by molar-refractivity contribution is 7.91. The summed E-state index contributed by atoms with van der Waals surface area (Å²) in [5, 5.41) is 10.3. The zero-order valence-electron chi connectivity index (χ0n) is 18.8. The Morgan fingerprint density at radius 1 is 1.31 bits per heavy atom. The lowest BCUT2D eigenvalue weighted by Gasteiger charge is -2.27. The van der Waals surface area contributed by atoms with E-state index in [4.69, 9.17) is 16.3 Å². The van der Waals surface area contributed by atoms with Crippen molar-refractivity contribution in [1.29, 1.82) is 0 Å². The summed E-state index contributed by atoms with van der Waals surface area (Å²) in [5.41, 5.74) is 1.36. The van der Waals surface area contributed by atoms with E-state index >= 15 is 0 Å². The Hall–Kier alpha value is -2.33. The van der Waals surface area contributed by atoms with Crippen LogP contribution < -0.4 is 15.4 Å². The lowest BCUT2D eigenvalue weighted by molar-refractivity contribution is 0.0938. The molecule has 1 fully saturated rings. The highest BCUT2D eigenvalue weighted by Crippen LogP contribution is 2.37. The minimum atomic E-state index is -3.01. The summed E-state index contributed by atoms with van der Waals surface area (Å²) in [5.74, 6) is 1.09. The fourth-order valence-electron chi connectivity index (χ4n) is 4.08. The van der Waals surface area contributed by atoms with E-state index in [9.17, 15) is 13.2 Å². The van der Waals surface area contributed by atoms with Crippen LogP contribution in [0.25, 0.3) is 11.3 Å². The third kappa shape index (κ3) is 5.17. The highest BCUT2D eigenvalue weighted by Gasteiger charge is 2.29. The van der Waals surface area contributed by atoms with Crippen molar-refractivity contribution >= 4 is 33.2 Å². The van der Waals surface area contributed by atoms with Gasteiger partial charge in [0.25, 0.3) is 5.91 Å². The summed E-state index contributed by atoms with van der Waals surface area (Å²) in [7, 11) is 0.318. The Kier molecular flexibility index (Phi) is 7.66. The Morgan fingerprint density at radius 2 is 2.00 bits per heavy atom. The first-order valence-corrected chi connectivity index (χ1v) is 13.0. The summed E-state index contributed by atoms with van der Waals surface area (Å²) in [6.07, 6.45) is 5.72. The standard InChI is InChI=1S/C21H30ClN5O4S/c1-5-27-20(15-12-24-17(23-2)10-16(15)31-3)18(22)19(26-27)21(28)25-11-13-6-8-14(9-7-13)32(4,29)30/h10,12-14H,5-9,11H2,1-4H3,(H,23,24)(H,25,28). The third-order valence-electron chi connectivity index (χ3n) is 5.96. The Balaban J connectivity index is 1.76. The van der Waals surface area contributed by atoms with Crippen molar-refractivity contribution in [3.63, 3.8) is 0 Å².